The fraction of sp³-hybridized carbons (Fsp3) is 0.938. The van der Waals surface area contributed by atoms with Crippen LogP contribution in [0.3, 0.4) is 0 Å². The van der Waals surface area contributed by atoms with Crippen LogP contribution in [0.5, 0.6) is 0 Å². The minimum atomic E-state index is -0.786. The van der Waals surface area contributed by atoms with E-state index in [1.165, 1.54) is 0 Å². The molecule has 3 aliphatic rings. The zero-order chi connectivity index (χ0) is 17.7. The van der Waals surface area contributed by atoms with Crippen molar-refractivity contribution in [1.29, 1.82) is 0 Å². The molecule has 3 rings (SSSR count). The molecule has 6 atom stereocenters. The lowest BCUT2D eigenvalue weighted by Crippen LogP contribution is -2.60. The van der Waals surface area contributed by atoms with Crippen LogP contribution < -0.4 is 5.73 Å². The topological polar surface area (TPSA) is 98.5 Å². The second-order valence-corrected chi connectivity index (χ2v) is 7.31. The molecule has 138 valence electrons. The molecule has 3 heterocycles. The van der Waals surface area contributed by atoms with E-state index in [0.717, 1.165) is 0 Å². The molecule has 0 aromatic heterocycles. The summed E-state index contributed by atoms with van der Waals surface area (Å²) in [6, 6.07) is -0.595. The highest BCUT2D eigenvalue weighted by atomic mass is 16.9. The fourth-order valence-corrected chi connectivity index (χ4v) is 3.52. The lowest BCUT2D eigenvalue weighted by molar-refractivity contribution is -0.238. The van der Waals surface area contributed by atoms with E-state index in [2.05, 4.69) is 0 Å². The molecule has 8 nitrogen and oxygen atoms in total. The van der Waals surface area contributed by atoms with Gasteiger partial charge in [0.1, 0.15) is 24.4 Å². The van der Waals surface area contributed by atoms with Crippen LogP contribution in [0.15, 0.2) is 0 Å². The maximum atomic E-state index is 11.8. The van der Waals surface area contributed by atoms with Gasteiger partial charge in [-0.2, -0.15) is 0 Å². The number of fused-ring (bicyclic) bond motifs is 3. The molecule has 2 N–H and O–H groups in total. The summed E-state index contributed by atoms with van der Waals surface area (Å²) in [4.78, 5) is 11.8. The van der Waals surface area contributed by atoms with Crippen LogP contribution in [0.1, 0.15) is 41.0 Å². The molecular weight excluding hydrogens is 318 g/mol. The van der Waals surface area contributed by atoms with E-state index in [-0.39, 0.29) is 18.5 Å². The van der Waals surface area contributed by atoms with Crippen LogP contribution in [-0.4, -0.2) is 60.9 Å². The number of hydrogen-bond acceptors (Lipinski definition) is 8. The van der Waals surface area contributed by atoms with Gasteiger partial charge in [-0.05, 0) is 34.6 Å². The Hall–Kier alpha value is -0.770. The van der Waals surface area contributed by atoms with Crippen molar-refractivity contribution in [1.82, 2.24) is 0 Å². The van der Waals surface area contributed by atoms with Gasteiger partial charge in [-0.1, -0.05) is 0 Å². The van der Waals surface area contributed by atoms with E-state index in [0.29, 0.717) is 6.61 Å². The average Bonchev–Trinajstić information content (AvgIpc) is 2.92. The predicted molar refractivity (Wildman–Crippen MR) is 81.7 cm³/mol. The molecule has 8 heteroatoms. The Balaban J connectivity index is 1.78. The van der Waals surface area contributed by atoms with Crippen molar-refractivity contribution in [2.75, 3.05) is 6.61 Å². The molecule has 0 aromatic carbocycles. The molecule has 0 spiro atoms. The fourth-order valence-electron chi connectivity index (χ4n) is 3.52. The monoisotopic (exact) mass is 345 g/mol. The van der Waals surface area contributed by atoms with Crippen LogP contribution >= 0.6 is 0 Å². The van der Waals surface area contributed by atoms with Crippen LogP contribution in [0.25, 0.3) is 0 Å². The number of carbonyl (C=O) groups excluding carboxylic acids is 1. The van der Waals surface area contributed by atoms with Gasteiger partial charge < -0.3 is 34.2 Å². The van der Waals surface area contributed by atoms with Gasteiger partial charge in [0, 0.05) is 6.04 Å². The van der Waals surface area contributed by atoms with E-state index in [1.807, 2.05) is 27.7 Å². The van der Waals surface area contributed by atoms with Gasteiger partial charge >= 0.3 is 5.97 Å². The SMILES string of the molecule is CCOC(=O)CC(N)C1O[C@@H]2OC(C)(C)O[C@@H]2[C@H]2OC(C)(C)O[C@@H]12. The Bertz CT molecular complexity index is 495. The van der Waals surface area contributed by atoms with E-state index in [4.69, 9.17) is 34.2 Å². The van der Waals surface area contributed by atoms with E-state index in [1.54, 1.807) is 6.92 Å². The van der Waals surface area contributed by atoms with E-state index in [9.17, 15) is 4.79 Å². The van der Waals surface area contributed by atoms with Crippen molar-refractivity contribution in [3.05, 3.63) is 0 Å². The molecule has 0 radical (unpaired) electrons. The predicted octanol–water partition coefficient (Wildman–Crippen LogP) is 0.663. The summed E-state index contributed by atoms with van der Waals surface area (Å²) >= 11 is 0. The van der Waals surface area contributed by atoms with E-state index < -0.39 is 42.2 Å². The van der Waals surface area contributed by atoms with Crippen molar-refractivity contribution in [2.45, 2.75) is 89.4 Å². The summed E-state index contributed by atoms with van der Waals surface area (Å²) in [5, 5.41) is 0. The molecule has 0 amide bonds. The van der Waals surface area contributed by atoms with Crippen molar-refractivity contribution in [3.63, 3.8) is 0 Å². The van der Waals surface area contributed by atoms with Gasteiger partial charge in [-0.3, -0.25) is 4.79 Å². The van der Waals surface area contributed by atoms with Gasteiger partial charge in [0.15, 0.2) is 17.9 Å². The third-order valence-corrected chi connectivity index (χ3v) is 4.32. The first-order valence-electron chi connectivity index (χ1n) is 8.40. The number of hydrogen-bond donors (Lipinski definition) is 1. The molecule has 0 saturated carbocycles. The minimum Gasteiger partial charge on any atom is -0.466 e. The molecule has 2 unspecified atom stereocenters. The first-order valence-corrected chi connectivity index (χ1v) is 8.40. The average molecular weight is 345 g/mol. The Labute approximate surface area is 141 Å². The lowest BCUT2D eigenvalue weighted by atomic mass is 9.93. The molecule has 3 saturated heterocycles. The highest BCUT2D eigenvalue weighted by Crippen LogP contribution is 2.44. The molecule has 0 bridgehead atoms. The zero-order valence-electron chi connectivity index (χ0n) is 14.8. The number of rotatable bonds is 4. The maximum Gasteiger partial charge on any atom is 0.307 e. The van der Waals surface area contributed by atoms with Crippen LogP contribution in [0.2, 0.25) is 0 Å². The Morgan fingerprint density at radius 3 is 2.29 bits per heavy atom. The summed E-state index contributed by atoms with van der Waals surface area (Å²) in [5.41, 5.74) is 6.22. The summed E-state index contributed by atoms with van der Waals surface area (Å²) in [7, 11) is 0. The van der Waals surface area contributed by atoms with Crippen molar-refractivity contribution >= 4 is 5.97 Å². The minimum absolute atomic E-state index is 0.0349. The summed E-state index contributed by atoms with van der Waals surface area (Å²) in [6.45, 7) is 9.36. The number of esters is 1. The number of ether oxygens (including phenoxy) is 6. The smallest absolute Gasteiger partial charge is 0.307 e. The summed E-state index contributed by atoms with van der Waals surface area (Å²) in [6.07, 6.45) is -2.36. The molecular formula is C16H27NO7. The normalized spacial score (nSPS) is 40.7. The Kier molecular flexibility index (Phi) is 4.65. The molecule has 0 aromatic rings. The van der Waals surface area contributed by atoms with Crippen molar-refractivity contribution in [2.24, 2.45) is 5.73 Å². The second kappa shape index (κ2) is 6.19. The van der Waals surface area contributed by atoms with Gasteiger partial charge in [0.25, 0.3) is 0 Å². The van der Waals surface area contributed by atoms with Gasteiger partial charge in [0.2, 0.25) is 0 Å². The summed E-state index contributed by atoms with van der Waals surface area (Å²) in [5.74, 6) is -1.93. The summed E-state index contributed by atoms with van der Waals surface area (Å²) < 4.78 is 34.7. The van der Waals surface area contributed by atoms with Gasteiger partial charge in [0.05, 0.1) is 13.0 Å². The van der Waals surface area contributed by atoms with Gasteiger partial charge in [-0.25, -0.2) is 0 Å². The number of nitrogens with two attached hydrogens (primary N) is 1. The maximum absolute atomic E-state index is 11.8. The van der Waals surface area contributed by atoms with Gasteiger partial charge in [-0.15, -0.1) is 0 Å². The molecule has 3 fully saturated rings. The van der Waals surface area contributed by atoms with Crippen LogP contribution in [0, 0.1) is 0 Å². The van der Waals surface area contributed by atoms with Crippen LogP contribution in [-0.2, 0) is 33.2 Å². The third kappa shape index (κ3) is 3.44. The Morgan fingerprint density at radius 1 is 1.04 bits per heavy atom. The number of carbonyl (C=O) groups is 1. The van der Waals surface area contributed by atoms with Crippen molar-refractivity contribution in [3.8, 4) is 0 Å². The van der Waals surface area contributed by atoms with Crippen molar-refractivity contribution < 1.29 is 33.2 Å². The highest BCUT2D eigenvalue weighted by Gasteiger charge is 2.61. The first-order chi connectivity index (χ1) is 11.1. The van der Waals surface area contributed by atoms with E-state index >= 15 is 0 Å². The lowest BCUT2D eigenvalue weighted by Gasteiger charge is -2.39. The molecule has 0 aliphatic carbocycles. The quantitative estimate of drug-likeness (QED) is 0.742. The van der Waals surface area contributed by atoms with Crippen LogP contribution in [0.4, 0.5) is 0 Å². The molecule has 3 aliphatic heterocycles. The third-order valence-electron chi connectivity index (χ3n) is 4.32. The Morgan fingerprint density at radius 2 is 1.62 bits per heavy atom. The molecule has 24 heavy (non-hydrogen) atoms. The first kappa shape index (κ1) is 18.0. The zero-order valence-corrected chi connectivity index (χ0v) is 14.8. The second-order valence-electron chi connectivity index (χ2n) is 7.31. The highest BCUT2D eigenvalue weighted by molar-refractivity contribution is 5.70. The largest absolute Gasteiger partial charge is 0.466 e. The standard InChI is InChI=1S/C16H27NO7/c1-6-19-9(18)7-8(17)10-11-12(22-15(2,3)21-11)13-14(20-10)24-16(4,5)23-13/h8,10-14H,6-7,17H2,1-5H3/t8?,10?,11-,12-,13+,14+/m0/s1.